The van der Waals surface area contributed by atoms with Gasteiger partial charge in [-0.25, -0.2) is 0 Å². The maximum atomic E-state index is 11.1. The third kappa shape index (κ3) is 4.03. The molecule has 0 saturated carbocycles. The van der Waals surface area contributed by atoms with Crippen LogP contribution in [0, 0.1) is 17.0 Å². The summed E-state index contributed by atoms with van der Waals surface area (Å²) in [5.74, 6) is -0.255. The quantitative estimate of drug-likeness (QED) is 0.356. The van der Waals surface area contributed by atoms with Crippen LogP contribution in [0.1, 0.15) is 18.9 Å². The van der Waals surface area contributed by atoms with Crippen molar-refractivity contribution in [3.63, 3.8) is 0 Å². The molecule has 0 aromatic heterocycles. The van der Waals surface area contributed by atoms with Gasteiger partial charge in [-0.05, 0) is 18.6 Å². The van der Waals surface area contributed by atoms with E-state index in [1.807, 2.05) is 13.8 Å². The zero-order valence-electron chi connectivity index (χ0n) is 10.5. The molecule has 0 aliphatic rings. The first-order chi connectivity index (χ1) is 8.43. The van der Waals surface area contributed by atoms with E-state index in [1.54, 1.807) is 6.07 Å². The number of esters is 1. The number of methoxy groups -OCH3 is 1. The largest absolute Gasteiger partial charge is 0.469 e. The summed E-state index contributed by atoms with van der Waals surface area (Å²) in [5.41, 5.74) is 0.920. The van der Waals surface area contributed by atoms with Crippen LogP contribution in [-0.2, 0) is 9.53 Å². The van der Waals surface area contributed by atoms with Gasteiger partial charge < -0.3 is 4.74 Å². The number of benzene rings is 1. The molecule has 0 saturated heterocycles. The number of thioether (sulfide) groups is 1. The van der Waals surface area contributed by atoms with E-state index in [0.717, 1.165) is 10.5 Å². The summed E-state index contributed by atoms with van der Waals surface area (Å²) in [6.07, 6.45) is 0.317. The van der Waals surface area contributed by atoms with Crippen molar-refractivity contribution in [2.75, 3.05) is 7.11 Å². The first-order valence-electron chi connectivity index (χ1n) is 5.42. The van der Waals surface area contributed by atoms with Gasteiger partial charge in [-0.2, -0.15) is 0 Å². The third-order valence-electron chi connectivity index (χ3n) is 2.38. The van der Waals surface area contributed by atoms with Gasteiger partial charge in [0, 0.05) is 22.3 Å². The molecule has 0 aliphatic heterocycles. The lowest BCUT2D eigenvalue weighted by molar-refractivity contribution is -0.385. The number of hydrogen-bond acceptors (Lipinski definition) is 5. The van der Waals surface area contributed by atoms with Gasteiger partial charge in [0.15, 0.2) is 0 Å². The van der Waals surface area contributed by atoms with E-state index in [4.69, 9.17) is 0 Å². The van der Waals surface area contributed by atoms with Crippen LogP contribution in [0.25, 0.3) is 0 Å². The van der Waals surface area contributed by atoms with E-state index in [1.165, 1.54) is 31.0 Å². The summed E-state index contributed by atoms with van der Waals surface area (Å²) in [5, 5.41) is 10.7. The number of carbonyl (C=O) groups is 1. The van der Waals surface area contributed by atoms with Gasteiger partial charge >= 0.3 is 5.97 Å². The zero-order valence-corrected chi connectivity index (χ0v) is 11.3. The van der Waals surface area contributed by atoms with E-state index in [0.29, 0.717) is 6.42 Å². The van der Waals surface area contributed by atoms with Gasteiger partial charge in [0.2, 0.25) is 0 Å². The van der Waals surface area contributed by atoms with Crippen LogP contribution in [0.5, 0.6) is 0 Å². The van der Waals surface area contributed by atoms with Crippen molar-refractivity contribution in [2.24, 2.45) is 0 Å². The maximum Gasteiger partial charge on any atom is 0.306 e. The van der Waals surface area contributed by atoms with E-state index in [-0.39, 0.29) is 16.9 Å². The van der Waals surface area contributed by atoms with E-state index in [2.05, 4.69) is 4.74 Å². The lowest BCUT2D eigenvalue weighted by atomic mass is 10.2. The normalized spacial score (nSPS) is 11.9. The van der Waals surface area contributed by atoms with Crippen LogP contribution in [0.2, 0.25) is 0 Å². The Bertz CT molecular complexity index is 461. The summed E-state index contributed by atoms with van der Waals surface area (Å²) < 4.78 is 4.60. The molecule has 18 heavy (non-hydrogen) atoms. The molecule has 6 heteroatoms. The van der Waals surface area contributed by atoms with Gasteiger partial charge in [0.05, 0.1) is 18.5 Å². The number of nitro groups is 1. The number of carbonyl (C=O) groups excluding carboxylic acids is 1. The number of hydrogen-bond donors (Lipinski definition) is 0. The molecule has 1 aromatic rings. The lowest BCUT2D eigenvalue weighted by Gasteiger charge is -2.11. The lowest BCUT2D eigenvalue weighted by Crippen LogP contribution is -2.08. The molecule has 1 atom stereocenters. The summed E-state index contributed by atoms with van der Waals surface area (Å²) in [6, 6.07) is 4.72. The van der Waals surface area contributed by atoms with Crippen LogP contribution in [0.3, 0.4) is 0 Å². The number of nitrogens with zero attached hydrogens (tertiary/aromatic N) is 1. The minimum Gasteiger partial charge on any atom is -0.469 e. The highest BCUT2D eigenvalue weighted by molar-refractivity contribution is 8.00. The molecule has 0 heterocycles. The molecule has 1 aromatic carbocycles. The Labute approximate surface area is 110 Å². The topological polar surface area (TPSA) is 69.4 Å². The van der Waals surface area contributed by atoms with Crippen molar-refractivity contribution in [3.05, 3.63) is 33.9 Å². The van der Waals surface area contributed by atoms with Gasteiger partial charge in [0.1, 0.15) is 0 Å². The number of rotatable bonds is 5. The molecule has 0 radical (unpaired) electrons. The van der Waals surface area contributed by atoms with Crippen LogP contribution in [0.15, 0.2) is 23.1 Å². The monoisotopic (exact) mass is 269 g/mol. The fraction of sp³-hybridized carbons (Fsp3) is 0.417. The van der Waals surface area contributed by atoms with Gasteiger partial charge in [-0.3, -0.25) is 14.9 Å². The second-order valence-corrected chi connectivity index (χ2v) is 5.40. The summed E-state index contributed by atoms with van der Waals surface area (Å²) in [7, 11) is 1.36. The summed E-state index contributed by atoms with van der Waals surface area (Å²) >= 11 is 1.51. The third-order valence-corrected chi connectivity index (χ3v) is 3.66. The molecule has 0 fully saturated rings. The van der Waals surface area contributed by atoms with E-state index < -0.39 is 4.92 Å². The number of ether oxygens (including phenoxy) is 1. The Morgan fingerprint density at radius 1 is 1.56 bits per heavy atom. The molecule has 98 valence electrons. The van der Waals surface area contributed by atoms with Crippen molar-refractivity contribution in [3.8, 4) is 0 Å². The Kier molecular flexibility index (Phi) is 5.15. The predicted molar refractivity (Wildman–Crippen MR) is 69.8 cm³/mol. The Hall–Kier alpha value is -1.56. The van der Waals surface area contributed by atoms with E-state index in [9.17, 15) is 14.9 Å². The standard InChI is InChI=1S/C12H15NO4S/c1-8-6-10(13(15)16)4-5-11(8)18-9(2)7-12(14)17-3/h4-6,9H,7H2,1-3H3. The molecule has 5 nitrogen and oxygen atoms in total. The van der Waals surface area contributed by atoms with Crippen molar-refractivity contribution >= 4 is 23.4 Å². The number of non-ortho nitro benzene ring substituents is 1. The minimum absolute atomic E-state index is 0.0672. The molecule has 0 aliphatic carbocycles. The van der Waals surface area contributed by atoms with Gasteiger partial charge in [-0.1, -0.05) is 6.92 Å². The smallest absolute Gasteiger partial charge is 0.306 e. The van der Waals surface area contributed by atoms with Gasteiger partial charge in [-0.15, -0.1) is 11.8 Å². The van der Waals surface area contributed by atoms with E-state index >= 15 is 0 Å². The highest BCUT2D eigenvalue weighted by Gasteiger charge is 2.14. The van der Waals surface area contributed by atoms with Crippen LogP contribution >= 0.6 is 11.8 Å². The maximum absolute atomic E-state index is 11.1. The molecule has 0 spiro atoms. The highest BCUT2D eigenvalue weighted by Crippen LogP contribution is 2.30. The number of aryl methyl sites for hydroxylation is 1. The summed E-state index contributed by atoms with van der Waals surface area (Å²) in [6.45, 7) is 3.74. The Morgan fingerprint density at radius 2 is 2.22 bits per heavy atom. The average Bonchev–Trinajstić information content (AvgIpc) is 2.31. The number of nitro benzene ring substituents is 1. The first kappa shape index (κ1) is 14.5. The first-order valence-corrected chi connectivity index (χ1v) is 6.30. The SMILES string of the molecule is COC(=O)CC(C)Sc1ccc([N+](=O)[O-])cc1C. The zero-order chi connectivity index (χ0) is 13.7. The van der Waals surface area contributed by atoms with Crippen LogP contribution < -0.4 is 0 Å². The van der Waals surface area contributed by atoms with Crippen LogP contribution in [-0.4, -0.2) is 23.3 Å². The fourth-order valence-electron chi connectivity index (χ4n) is 1.46. The molecular weight excluding hydrogens is 254 g/mol. The van der Waals surface area contributed by atoms with Crippen molar-refractivity contribution in [2.45, 2.75) is 30.4 Å². The Morgan fingerprint density at radius 3 is 2.72 bits per heavy atom. The molecule has 0 bridgehead atoms. The molecule has 0 N–H and O–H groups in total. The summed E-state index contributed by atoms with van der Waals surface area (Å²) in [4.78, 5) is 22.2. The molecule has 0 amide bonds. The van der Waals surface area contributed by atoms with Crippen LogP contribution in [0.4, 0.5) is 5.69 Å². The van der Waals surface area contributed by atoms with Crippen molar-refractivity contribution in [1.82, 2.24) is 0 Å². The second-order valence-electron chi connectivity index (χ2n) is 3.92. The van der Waals surface area contributed by atoms with Gasteiger partial charge in [0.25, 0.3) is 5.69 Å². The average molecular weight is 269 g/mol. The van der Waals surface area contributed by atoms with Crippen molar-refractivity contribution in [1.29, 1.82) is 0 Å². The second kappa shape index (κ2) is 6.39. The molecule has 1 unspecified atom stereocenters. The Balaban J connectivity index is 2.73. The fourth-order valence-corrected chi connectivity index (χ4v) is 2.50. The molecular formula is C12H15NO4S. The molecule has 1 rings (SSSR count). The predicted octanol–water partition coefficient (Wildman–Crippen LogP) is 2.95. The van der Waals surface area contributed by atoms with Crippen molar-refractivity contribution < 1.29 is 14.5 Å². The highest BCUT2D eigenvalue weighted by atomic mass is 32.2. The minimum atomic E-state index is -0.417.